The molecule has 212 valence electrons. The van der Waals surface area contributed by atoms with Crippen molar-refractivity contribution in [1.82, 2.24) is 0 Å². The monoisotopic (exact) mass is 541 g/mol. The normalized spacial score (nSPS) is 33.7. The predicted molar refractivity (Wildman–Crippen MR) is 142 cm³/mol. The third kappa shape index (κ3) is 4.53. The van der Waals surface area contributed by atoms with Gasteiger partial charge in [0.1, 0.15) is 17.0 Å². The highest BCUT2D eigenvalue weighted by atomic mass is 16.7. The topological polar surface area (TPSA) is 109 Å². The number of rotatable bonds is 11. The summed E-state index contributed by atoms with van der Waals surface area (Å²) in [5, 5.41) is 2.88. The third-order valence-electron chi connectivity index (χ3n) is 9.88. The Bertz CT molecular complexity index is 1200. The maximum absolute atomic E-state index is 13.4. The standard InChI is InChI=1S/C30H39NO8/c1-28-13-18-12-19(28)14-30(15-28)11-8-22(32)29(2,26(18)30)10-9-23(33)31-24-21(38-16-35-3)7-6-20(27(34)37-5)25(24)39-17-36-4/h6-8,11,18-19,26H,9-10,12-17H2,1-5H3,(H,31,33)/t18-,19-,26+,28+,29-,30+/m1/s1. The van der Waals surface area contributed by atoms with Gasteiger partial charge in [-0.2, -0.15) is 0 Å². The van der Waals surface area contributed by atoms with Gasteiger partial charge in [-0.15, -0.1) is 0 Å². The van der Waals surface area contributed by atoms with Crippen molar-refractivity contribution in [3.63, 3.8) is 0 Å². The molecule has 1 amide bonds. The summed E-state index contributed by atoms with van der Waals surface area (Å²) in [6.45, 7) is 4.25. The molecule has 4 saturated carbocycles. The van der Waals surface area contributed by atoms with E-state index in [1.165, 1.54) is 40.2 Å². The van der Waals surface area contributed by atoms with Crippen molar-refractivity contribution in [2.75, 3.05) is 40.2 Å². The number of allylic oxidation sites excluding steroid dienone is 2. The van der Waals surface area contributed by atoms with Gasteiger partial charge in [-0.1, -0.05) is 19.9 Å². The maximum Gasteiger partial charge on any atom is 0.341 e. The molecule has 0 saturated heterocycles. The molecule has 9 heteroatoms. The van der Waals surface area contributed by atoms with Crippen LogP contribution in [-0.4, -0.2) is 52.6 Å². The van der Waals surface area contributed by atoms with Gasteiger partial charge in [0.05, 0.1) is 7.11 Å². The largest absolute Gasteiger partial charge is 0.465 e. The smallest absolute Gasteiger partial charge is 0.341 e. The summed E-state index contributed by atoms with van der Waals surface area (Å²) in [5.41, 5.74) is 0.135. The van der Waals surface area contributed by atoms with Gasteiger partial charge in [-0.25, -0.2) is 4.79 Å². The van der Waals surface area contributed by atoms with E-state index < -0.39 is 11.4 Å². The van der Waals surface area contributed by atoms with Gasteiger partial charge >= 0.3 is 5.97 Å². The van der Waals surface area contributed by atoms with Crippen molar-refractivity contribution in [2.45, 2.75) is 52.4 Å². The fraction of sp³-hybridized carbons (Fsp3) is 0.633. The highest BCUT2D eigenvalue weighted by Crippen LogP contribution is 2.76. The van der Waals surface area contributed by atoms with E-state index >= 15 is 0 Å². The van der Waals surface area contributed by atoms with Gasteiger partial charge in [0, 0.05) is 26.1 Å². The molecule has 6 rings (SSSR count). The molecule has 1 aromatic carbocycles. The molecule has 9 nitrogen and oxygen atoms in total. The van der Waals surface area contributed by atoms with Gasteiger partial charge in [-0.05, 0) is 78.9 Å². The number of carbonyl (C=O) groups is 3. The van der Waals surface area contributed by atoms with Crippen LogP contribution in [0, 0.1) is 34.0 Å². The molecular formula is C30H39NO8. The first-order valence-electron chi connectivity index (χ1n) is 13.6. The third-order valence-corrected chi connectivity index (χ3v) is 9.88. The van der Waals surface area contributed by atoms with Gasteiger partial charge < -0.3 is 29.0 Å². The molecule has 0 aromatic heterocycles. The number of hydrogen-bond acceptors (Lipinski definition) is 8. The minimum Gasteiger partial charge on any atom is -0.465 e. The number of benzene rings is 1. The van der Waals surface area contributed by atoms with Crippen molar-refractivity contribution >= 4 is 23.3 Å². The van der Waals surface area contributed by atoms with Crippen LogP contribution < -0.4 is 14.8 Å². The second-order valence-corrected chi connectivity index (χ2v) is 12.2. The zero-order valence-electron chi connectivity index (χ0n) is 23.5. The number of methoxy groups -OCH3 is 3. The lowest BCUT2D eigenvalue weighted by atomic mass is 9.47. The average molecular weight is 542 g/mol. The highest BCUT2D eigenvalue weighted by Gasteiger charge is 2.70. The van der Waals surface area contributed by atoms with Crippen LogP contribution in [0.4, 0.5) is 5.69 Å². The Kier molecular flexibility index (Phi) is 7.26. The summed E-state index contributed by atoms with van der Waals surface area (Å²) in [6.07, 6.45) is 9.22. The van der Waals surface area contributed by atoms with Crippen LogP contribution in [-0.2, 0) is 23.8 Å². The van der Waals surface area contributed by atoms with E-state index in [0.29, 0.717) is 17.8 Å². The number of amides is 1. The summed E-state index contributed by atoms with van der Waals surface area (Å²) in [4.78, 5) is 39.3. The van der Waals surface area contributed by atoms with Gasteiger partial charge in [-0.3, -0.25) is 9.59 Å². The summed E-state index contributed by atoms with van der Waals surface area (Å²) in [7, 11) is 4.20. The van der Waals surface area contributed by atoms with Gasteiger partial charge in [0.2, 0.25) is 5.91 Å². The SMILES string of the molecule is COCOc1ccc(C(=O)OC)c(OCOC)c1NC(=O)CC[C@]1(C)C(=O)C=C[C@]23C[C@H]4C[C@H](C[C@@]4(C)C2)[C@H]31. The fourth-order valence-corrected chi connectivity index (χ4v) is 8.58. The Hall–Kier alpha value is -2.91. The molecule has 5 aliphatic carbocycles. The van der Waals surface area contributed by atoms with Crippen molar-refractivity contribution < 1.29 is 38.1 Å². The molecule has 4 bridgehead atoms. The predicted octanol–water partition coefficient (Wildman–Crippen LogP) is 4.75. The number of ketones is 1. The Morgan fingerprint density at radius 3 is 2.49 bits per heavy atom. The Morgan fingerprint density at radius 1 is 1.05 bits per heavy atom. The van der Waals surface area contributed by atoms with Crippen molar-refractivity contribution in [3.05, 3.63) is 29.8 Å². The number of anilines is 1. The van der Waals surface area contributed by atoms with Crippen LogP contribution >= 0.6 is 0 Å². The molecule has 0 unspecified atom stereocenters. The van der Waals surface area contributed by atoms with Gasteiger partial charge in [0.15, 0.2) is 25.1 Å². The lowest BCUT2D eigenvalue weighted by molar-refractivity contribution is -0.138. The lowest BCUT2D eigenvalue weighted by Crippen LogP contribution is -2.53. The zero-order valence-corrected chi connectivity index (χ0v) is 23.5. The van der Waals surface area contributed by atoms with E-state index in [1.54, 1.807) is 12.1 Å². The number of carbonyl (C=O) groups excluding carboxylic acids is 3. The molecule has 4 fully saturated rings. The summed E-state index contributed by atoms with van der Waals surface area (Å²) in [6, 6.07) is 3.04. The minimum absolute atomic E-state index is 0.0664. The first-order valence-corrected chi connectivity index (χ1v) is 13.6. The summed E-state index contributed by atoms with van der Waals surface area (Å²) >= 11 is 0. The van der Waals surface area contributed by atoms with E-state index in [9.17, 15) is 14.4 Å². The molecule has 1 spiro atoms. The van der Waals surface area contributed by atoms with E-state index in [2.05, 4.69) is 25.2 Å². The highest BCUT2D eigenvalue weighted by molar-refractivity contribution is 6.01. The van der Waals surface area contributed by atoms with Crippen molar-refractivity contribution in [2.24, 2.45) is 34.0 Å². The Morgan fingerprint density at radius 2 is 1.79 bits per heavy atom. The molecule has 5 aliphatic rings. The molecule has 1 aromatic rings. The Labute approximate surface area is 229 Å². The number of ether oxygens (including phenoxy) is 5. The van der Waals surface area contributed by atoms with E-state index in [4.69, 9.17) is 23.7 Å². The summed E-state index contributed by atoms with van der Waals surface area (Å²) < 4.78 is 26.4. The molecule has 0 radical (unpaired) electrons. The number of nitrogens with one attached hydrogen (secondary N) is 1. The quantitative estimate of drug-likeness (QED) is 0.316. The van der Waals surface area contributed by atoms with Crippen LogP contribution in [0.2, 0.25) is 0 Å². The van der Waals surface area contributed by atoms with Gasteiger partial charge in [0.25, 0.3) is 0 Å². The van der Waals surface area contributed by atoms with E-state index in [0.717, 1.165) is 18.8 Å². The fourth-order valence-electron chi connectivity index (χ4n) is 8.58. The van der Waals surface area contributed by atoms with Crippen LogP contribution in [0.1, 0.15) is 62.7 Å². The molecule has 6 atom stereocenters. The lowest BCUT2D eigenvalue weighted by Gasteiger charge is -2.55. The first kappa shape index (κ1) is 27.6. The molecule has 0 heterocycles. The second kappa shape index (κ2) is 10.2. The van der Waals surface area contributed by atoms with E-state index in [-0.39, 0.29) is 65.8 Å². The summed E-state index contributed by atoms with van der Waals surface area (Å²) in [5.74, 6) is 1.03. The van der Waals surface area contributed by atoms with Crippen LogP contribution in [0.25, 0.3) is 0 Å². The van der Waals surface area contributed by atoms with Crippen molar-refractivity contribution in [3.8, 4) is 11.5 Å². The number of esters is 1. The van der Waals surface area contributed by atoms with Crippen LogP contribution in [0.5, 0.6) is 11.5 Å². The van der Waals surface area contributed by atoms with Crippen LogP contribution in [0.3, 0.4) is 0 Å². The zero-order chi connectivity index (χ0) is 28.0. The molecule has 39 heavy (non-hydrogen) atoms. The van der Waals surface area contributed by atoms with Crippen LogP contribution in [0.15, 0.2) is 24.3 Å². The molecule has 0 aliphatic heterocycles. The Balaban J connectivity index is 1.39. The number of hydrogen-bond donors (Lipinski definition) is 1. The minimum atomic E-state index is -0.632. The molecule has 1 N–H and O–H groups in total. The molecular weight excluding hydrogens is 502 g/mol. The maximum atomic E-state index is 13.4. The first-order chi connectivity index (χ1) is 18.6. The van der Waals surface area contributed by atoms with E-state index in [1.807, 2.05) is 0 Å². The second-order valence-electron chi connectivity index (χ2n) is 12.2. The average Bonchev–Trinajstić information content (AvgIpc) is 3.28. The van der Waals surface area contributed by atoms with Crippen molar-refractivity contribution in [1.29, 1.82) is 0 Å².